The molecule has 1 heterocycles. The van der Waals surface area contributed by atoms with Gasteiger partial charge in [-0.05, 0) is 70.4 Å². The summed E-state index contributed by atoms with van der Waals surface area (Å²) in [5, 5.41) is 5.05. The molecule has 4 rings (SSSR count). The fraction of sp³-hybridized carbons (Fsp3) is 0.273. The summed E-state index contributed by atoms with van der Waals surface area (Å²) in [6.07, 6.45) is 4.83. The molecule has 26 heavy (non-hydrogen) atoms. The smallest absolute Gasteiger partial charge is 0.228 e. The van der Waals surface area contributed by atoms with E-state index in [4.69, 9.17) is 0 Å². The van der Waals surface area contributed by atoms with E-state index in [1.165, 1.54) is 22.3 Å². The first-order valence-electron chi connectivity index (χ1n) is 9.06. The van der Waals surface area contributed by atoms with Gasteiger partial charge >= 0.3 is 0 Å². The average Bonchev–Trinajstić information content (AvgIpc) is 3.49. The number of nitrogens with one attached hydrogen (secondary N) is 1. The maximum atomic E-state index is 12.0. The number of halogens is 1. The Labute approximate surface area is 162 Å². The number of carbonyl (C=O) groups is 1. The highest BCUT2D eigenvalue weighted by atomic mass is 79.9. The minimum absolute atomic E-state index is 0.0705. The van der Waals surface area contributed by atoms with E-state index < -0.39 is 0 Å². The predicted molar refractivity (Wildman–Crippen MR) is 110 cm³/mol. The molecule has 1 aliphatic rings. The molecular weight excluding hydrogens is 388 g/mol. The standard InChI is InChI=1S/C22H21BrN2O/c1-3-14-5-4-13(2)19(10-14)16-8-9-18-17(11-16)12-24-21(20(18)23)25-22(26)15-6-7-15/h4-5,8-12,15H,3,6-7H2,1-2H3,(H,24,25,26). The zero-order valence-electron chi connectivity index (χ0n) is 15.0. The van der Waals surface area contributed by atoms with Crippen molar-refractivity contribution < 1.29 is 4.79 Å². The number of fused-ring (bicyclic) bond motifs is 1. The molecule has 0 unspecified atom stereocenters. The predicted octanol–water partition coefficient (Wildman–Crippen LogP) is 5.88. The second-order valence-corrected chi connectivity index (χ2v) is 7.78. The molecule has 3 aromatic rings. The van der Waals surface area contributed by atoms with Crippen molar-refractivity contribution in [3.63, 3.8) is 0 Å². The second kappa shape index (κ2) is 6.84. The van der Waals surface area contributed by atoms with Crippen molar-refractivity contribution in [2.75, 3.05) is 5.32 Å². The Bertz CT molecular complexity index is 1010. The highest BCUT2D eigenvalue weighted by molar-refractivity contribution is 9.10. The molecular formula is C22H21BrN2O. The number of aromatic nitrogens is 1. The van der Waals surface area contributed by atoms with E-state index in [0.29, 0.717) is 5.82 Å². The van der Waals surface area contributed by atoms with Crippen LogP contribution in [0.15, 0.2) is 47.1 Å². The highest BCUT2D eigenvalue weighted by Crippen LogP contribution is 2.35. The number of pyridine rings is 1. The van der Waals surface area contributed by atoms with Gasteiger partial charge in [0.1, 0.15) is 5.82 Å². The van der Waals surface area contributed by atoms with Gasteiger partial charge in [0, 0.05) is 22.9 Å². The minimum Gasteiger partial charge on any atom is -0.309 e. The Morgan fingerprint density at radius 2 is 2.04 bits per heavy atom. The number of nitrogens with zero attached hydrogens (tertiary/aromatic N) is 1. The molecule has 3 nitrogen and oxygen atoms in total. The SMILES string of the molecule is CCc1ccc(C)c(-c2ccc3c(Br)c(NC(=O)C4CC4)ncc3c2)c1. The quantitative estimate of drug-likeness (QED) is 0.584. The van der Waals surface area contributed by atoms with Crippen LogP contribution in [-0.2, 0) is 11.2 Å². The minimum atomic E-state index is 0.0705. The topological polar surface area (TPSA) is 42.0 Å². The molecule has 132 valence electrons. The molecule has 1 amide bonds. The van der Waals surface area contributed by atoms with Gasteiger partial charge in [0.05, 0.1) is 4.47 Å². The van der Waals surface area contributed by atoms with Crippen LogP contribution in [-0.4, -0.2) is 10.9 Å². The van der Waals surface area contributed by atoms with Crippen molar-refractivity contribution in [2.45, 2.75) is 33.1 Å². The number of amides is 1. The summed E-state index contributed by atoms with van der Waals surface area (Å²) in [5.74, 6) is 0.836. The summed E-state index contributed by atoms with van der Waals surface area (Å²) in [6.45, 7) is 4.32. The highest BCUT2D eigenvalue weighted by Gasteiger charge is 2.30. The van der Waals surface area contributed by atoms with Crippen LogP contribution in [0.3, 0.4) is 0 Å². The number of anilines is 1. The van der Waals surface area contributed by atoms with E-state index in [1.54, 1.807) is 0 Å². The van der Waals surface area contributed by atoms with Gasteiger partial charge in [-0.3, -0.25) is 4.79 Å². The monoisotopic (exact) mass is 408 g/mol. The maximum absolute atomic E-state index is 12.0. The zero-order chi connectivity index (χ0) is 18.3. The van der Waals surface area contributed by atoms with Gasteiger partial charge < -0.3 is 5.32 Å². The zero-order valence-corrected chi connectivity index (χ0v) is 16.6. The Morgan fingerprint density at radius 1 is 1.23 bits per heavy atom. The molecule has 0 bridgehead atoms. The number of hydrogen-bond acceptors (Lipinski definition) is 2. The van der Waals surface area contributed by atoms with Gasteiger partial charge in [-0.1, -0.05) is 37.3 Å². The third kappa shape index (κ3) is 3.26. The van der Waals surface area contributed by atoms with Crippen LogP contribution < -0.4 is 5.32 Å². The molecule has 0 spiro atoms. The van der Waals surface area contributed by atoms with E-state index in [0.717, 1.165) is 34.5 Å². The summed E-state index contributed by atoms with van der Waals surface area (Å²) < 4.78 is 0.842. The van der Waals surface area contributed by atoms with Crippen LogP contribution in [0.5, 0.6) is 0 Å². The van der Waals surface area contributed by atoms with Crippen LogP contribution in [0.25, 0.3) is 21.9 Å². The molecule has 2 aromatic carbocycles. The van der Waals surface area contributed by atoms with Crippen molar-refractivity contribution in [3.8, 4) is 11.1 Å². The van der Waals surface area contributed by atoms with Crippen LogP contribution in [0.4, 0.5) is 5.82 Å². The lowest BCUT2D eigenvalue weighted by molar-refractivity contribution is -0.117. The van der Waals surface area contributed by atoms with Crippen LogP contribution in [0.2, 0.25) is 0 Å². The molecule has 0 atom stereocenters. The Morgan fingerprint density at radius 3 is 2.77 bits per heavy atom. The van der Waals surface area contributed by atoms with Gasteiger partial charge in [0.25, 0.3) is 0 Å². The van der Waals surface area contributed by atoms with Crippen molar-refractivity contribution >= 4 is 38.4 Å². The normalized spacial score (nSPS) is 13.8. The number of benzene rings is 2. The van der Waals surface area contributed by atoms with Crippen LogP contribution >= 0.6 is 15.9 Å². The lowest BCUT2D eigenvalue weighted by atomic mass is 9.96. The summed E-state index contributed by atoms with van der Waals surface area (Å²) in [7, 11) is 0. The Kier molecular flexibility index (Phi) is 4.53. The third-order valence-corrected chi connectivity index (χ3v) is 5.84. The number of carbonyl (C=O) groups excluding carboxylic acids is 1. The lowest BCUT2D eigenvalue weighted by Crippen LogP contribution is -2.14. The second-order valence-electron chi connectivity index (χ2n) is 6.99. The lowest BCUT2D eigenvalue weighted by Gasteiger charge is -2.12. The summed E-state index contributed by atoms with van der Waals surface area (Å²) in [4.78, 5) is 16.5. The number of aryl methyl sites for hydroxylation is 2. The summed E-state index contributed by atoms with van der Waals surface area (Å²) in [6, 6.07) is 13.0. The number of rotatable bonds is 4. The van der Waals surface area contributed by atoms with Gasteiger partial charge in [-0.25, -0.2) is 4.98 Å². The first-order chi connectivity index (χ1) is 12.6. The van der Waals surface area contributed by atoms with Crippen molar-refractivity contribution in [2.24, 2.45) is 5.92 Å². The number of hydrogen-bond donors (Lipinski definition) is 1. The summed E-state index contributed by atoms with van der Waals surface area (Å²) >= 11 is 3.62. The van der Waals surface area contributed by atoms with Gasteiger partial charge in [0.15, 0.2) is 0 Å². The maximum Gasteiger partial charge on any atom is 0.228 e. The van der Waals surface area contributed by atoms with Crippen LogP contribution in [0.1, 0.15) is 30.9 Å². The molecule has 0 aliphatic heterocycles. The van der Waals surface area contributed by atoms with E-state index in [1.807, 2.05) is 6.20 Å². The Hall–Kier alpha value is -2.20. The molecule has 1 N–H and O–H groups in total. The molecule has 0 saturated heterocycles. The van der Waals surface area contributed by atoms with E-state index in [2.05, 4.69) is 76.5 Å². The molecule has 1 saturated carbocycles. The largest absolute Gasteiger partial charge is 0.309 e. The first kappa shape index (κ1) is 17.2. The van der Waals surface area contributed by atoms with E-state index in [-0.39, 0.29) is 11.8 Å². The fourth-order valence-corrected chi connectivity index (χ4v) is 3.77. The van der Waals surface area contributed by atoms with Gasteiger partial charge in [0.2, 0.25) is 5.91 Å². The van der Waals surface area contributed by atoms with E-state index in [9.17, 15) is 4.79 Å². The van der Waals surface area contributed by atoms with Gasteiger partial charge in [-0.15, -0.1) is 0 Å². The molecule has 1 aromatic heterocycles. The van der Waals surface area contributed by atoms with Crippen molar-refractivity contribution in [3.05, 3.63) is 58.2 Å². The molecule has 0 radical (unpaired) electrons. The van der Waals surface area contributed by atoms with Crippen LogP contribution in [0, 0.1) is 12.8 Å². The summed E-state index contributed by atoms with van der Waals surface area (Å²) in [5.41, 5.74) is 5.05. The Balaban J connectivity index is 1.73. The molecule has 1 aliphatic carbocycles. The third-order valence-electron chi connectivity index (χ3n) is 5.04. The van der Waals surface area contributed by atoms with E-state index >= 15 is 0 Å². The fourth-order valence-electron chi connectivity index (χ4n) is 3.21. The molecule has 1 fully saturated rings. The first-order valence-corrected chi connectivity index (χ1v) is 9.85. The van der Waals surface area contributed by atoms with Crippen molar-refractivity contribution in [1.29, 1.82) is 0 Å². The molecule has 4 heteroatoms. The van der Waals surface area contributed by atoms with Crippen molar-refractivity contribution in [1.82, 2.24) is 4.98 Å². The van der Waals surface area contributed by atoms with Gasteiger partial charge in [-0.2, -0.15) is 0 Å². The average molecular weight is 409 g/mol.